The van der Waals surface area contributed by atoms with E-state index in [-0.39, 0.29) is 20.5 Å². The summed E-state index contributed by atoms with van der Waals surface area (Å²) in [6.45, 7) is 2.37. The van der Waals surface area contributed by atoms with Gasteiger partial charge < -0.3 is 4.74 Å². The van der Waals surface area contributed by atoms with Gasteiger partial charge >= 0.3 is 4.87 Å². The molecule has 0 fully saturated rings. The van der Waals surface area contributed by atoms with Gasteiger partial charge in [0.1, 0.15) is 10.6 Å². The van der Waals surface area contributed by atoms with Crippen LogP contribution in [0.4, 0.5) is 5.69 Å². The molecule has 0 spiro atoms. The van der Waals surface area contributed by atoms with Gasteiger partial charge in [0, 0.05) is 11.6 Å². The number of hydrogen-bond acceptors (Lipinski definition) is 5. The molecule has 2 aromatic carbocycles. The number of hydrogen-bond donors (Lipinski definition) is 1. The number of rotatable bonds is 5. The smallest absolute Gasteiger partial charge is 0.308 e. The van der Waals surface area contributed by atoms with Crippen molar-refractivity contribution < 1.29 is 13.2 Å². The third-order valence-corrected chi connectivity index (χ3v) is 6.25. The van der Waals surface area contributed by atoms with Gasteiger partial charge in [0.2, 0.25) is 0 Å². The number of nitrogens with zero attached hydrogens (tertiary/aromatic N) is 1. The lowest BCUT2D eigenvalue weighted by molar-refractivity contribution is 0.403. The van der Waals surface area contributed by atoms with E-state index in [1.54, 1.807) is 28.8 Å². The monoisotopic (exact) mass is 398 g/mol. The molecular weight excluding hydrogens is 384 g/mol. The zero-order valence-electron chi connectivity index (χ0n) is 13.4. The van der Waals surface area contributed by atoms with Gasteiger partial charge in [-0.1, -0.05) is 22.9 Å². The number of fused-ring (bicyclic) bond motifs is 1. The number of benzene rings is 2. The van der Waals surface area contributed by atoms with E-state index >= 15 is 0 Å². The second-order valence-corrected chi connectivity index (χ2v) is 8.28. The van der Waals surface area contributed by atoms with Crippen molar-refractivity contribution in [3.05, 3.63) is 51.1 Å². The molecule has 1 heterocycles. The number of methoxy groups -OCH3 is 1. The molecule has 1 N–H and O–H groups in total. The lowest BCUT2D eigenvalue weighted by atomic mass is 10.3. The Kier molecular flexibility index (Phi) is 4.77. The van der Waals surface area contributed by atoms with Crippen molar-refractivity contribution in [3.63, 3.8) is 0 Å². The first-order valence-corrected chi connectivity index (χ1v) is 10.0. The van der Waals surface area contributed by atoms with Crippen LogP contribution in [0.15, 0.2) is 46.1 Å². The van der Waals surface area contributed by atoms with Crippen LogP contribution in [0.2, 0.25) is 5.02 Å². The van der Waals surface area contributed by atoms with Gasteiger partial charge in [-0.05, 0) is 43.3 Å². The van der Waals surface area contributed by atoms with Gasteiger partial charge in [0.05, 0.1) is 23.0 Å². The standard InChI is InChI=1S/C16H15ClN2O4S2/c1-3-19-12-9-11(5-7-14(12)24-16(19)20)18-25(21,22)15-8-10(17)4-6-13(15)23-2/h4-9,18H,3H2,1-2H3. The Morgan fingerprint density at radius 3 is 2.68 bits per heavy atom. The fourth-order valence-electron chi connectivity index (χ4n) is 2.50. The van der Waals surface area contributed by atoms with Gasteiger partial charge in [-0.15, -0.1) is 0 Å². The van der Waals surface area contributed by atoms with Crippen LogP contribution in [0.25, 0.3) is 10.2 Å². The Labute approximate surface area is 153 Å². The maximum Gasteiger partial charge on any atom is 0.308 e. The van der Waals surface area contributed by atoms with Crippen molar-refractivity contribution in [2.75, 3.05) is 11.8 Å². The van der Waals surface area contributed by atoms with Crippen molar-refractivity contribution in [2.24, 2.45) is 0 Å². The van der Waals surface area contributed by atoms with E-state index in [9.17, 15) is 13.2 Å². The predicted molar refractivity (Wildman–Crippen MR) is 101 cm³/mol. The minimum atomic E-state index is -3.90. The minimum absolute atomic E-state index is 0.0548. The highest BCUT2D eigenvalue weighted by Gasteiger charge is 2.20. The molecule has 0 aliphatic carbocycles. The molecule has 0 aliphatic heterocycles. The fraction of sp³-hybridized carbons (Fsp3) is 0.188. The molecule has 0 amide bonds. The zero-order valence-corrected chi connectivity index (χ0v) is 15.8. The highest BCUT2D eigenvalue weighted by molar-refractivity contribution is 7.92. The first-order valence-electron chi connectivity index (χ1n) is 7.35. The molecule has 0 saturated carbocycles. The summed E-state index contributed by atoms with van der Waals surface area (Å²) in [7, 11) is -2.51. The molecule has 6 nitrogen and oxygen atoms in total. The van der Waals surface area contributed by atoms with Crippen LogP contribution >= 0.6 is 22.9 Å². The third kappa shape index (κ3) is 3.37. The van der Waals surface area contributed by atoms with Gasteiger partial charge in [-0.2, -0.15) is 0 Å². The number of nitrogens with one attached hydrogen (secondary N) is 1. The molecule has 1 aromatic heterocycles. The van der Waals surface area contributed by atoms with Gasteiger partial charge in [-0.25, -0.2) is 8.42 Å². The minimum Gasteiger partial charge on any atom is -0.495 e. The first-order chi connectivity index (χ1) is 11.9. The first kappa shape index (κ1) is 17.8. The Morgan fingerprint density at radius 1 is 1.24 bits per heavy atom. The van der Waals surface area contributed by atoms with E-state index in [2.05, 4.69) is 4.72 Å². The summed E-state index contributed by atoms with van der Waals surface area (Å²) in [4.78, 5) is 11.8. The normalized spacial score (nSPS) is 11.6. The summed E-state index contributed by atoms with van der Waals surface area (Å²) in [5, 5.41) is 0.286. The second-order valence-electron chi connectivity index (χ2n) is 5.20. The van der Waals surface area contributed by atoms with Crippen LogP contribution in [0.3, 0.4) is 0 Å². The van der Waals surface area contributed by atoms with Crippen molar-refractivity contribution in [3.8, 4) is 5.75 Å². The number of halogens is 1. The molecule has 9 heteroatoms. The lowest BCUT2D eigenvalue weighted by Crippen LogP contribution is -2.14. The number of aryl methyl sites for hydroxylation is 1. The Hall–Kier alpha value is -2.03. The highest BCUT2D eigenvalue weighted by atomic mass is 35.5. The van der Waals surface area contributed by atoms with Gasteiger partial charge in [0.25, 0.3) is 10.0 Å². The molecule has 0 saturated heterocycles. The summed E-state index contributed by atoms with van der Waals surface area (Å²) in [6.07, 6.45) is 0. The molecule has 0 radical (unpaired) electrons. The summed E-state index contributed by atoms with van der Waals surface area (Å²) in [6, 6.07) is 9.36. The van der Waals surface area contributed by atoms with Gasteiger partial charge in [0.15, 0.2) is 0 Å². The van der Waals surface area contributed by atoms with E-state index in [4.69, 9.17) is 16.3 Å². The van der Waals surface area contributed by atoms with E-state index < -0.39 is 10.0 Å². The van der Waals surface area contributed by atoms with Crippen molar-refractivity contribution >= 4 is 48.9 Å². The van der Waals surface area contributed by atoms with Crippen molar-refractivity contribution in [2.45, 2.75) is 18.4 Å². The number of aromatic nitrogens is 1. The predicted octanol–water partition coefficient (Wildman–Crippen LogP) is 3.55. The zero-order chi connectivity index (χ0) is 18.2. The molecule has 0 unspecified atom stereocenters. The number of ether oxygens (including phenoxy) is 1. The average Bonchev–Trinajstić information content (AvgIpc) is 2.89. The summed E-state index contributed by atoms with van der Waals surface area (Å²) in [5.41, 5.74) is 1.05. The van der Waals surface area contributed by atoms with Crippen LogP contribution in [0, 0.1) is 0 Å². The van der Waals surface area contributed by atoms with E-state index in [0.29, 0.717) is 17.7 Å². The number of anilines is 1. The van der Waals surface area contributed by atoms with Crippen LogP contribution in [-0.4, -0.2) is 20.1 Å². The topological polar surface area (TPSA) is 77.4 Å². The SMILES string of the molecule is CCn1c(=O)sc2ccc(NS(=O)(=O)c3cc(Cl)ccc3OC)cc21. The van der Waals surface area contributed by atoms with E-state index in [1.165, 1.54) is 19.2 Å². The second kappa shape index (κ2) is 6.70. The molecule has 3 aromatic rings. The molecule has 0 aliphatic rings. The van der Waals surface area contributed by atoms with Crippen LogP contribution in [0.1, 0.15) is 6.92 Å². The Bertz CT molecular complexity index is 1100. The summed E-state index contributed by atoms with van der Waals surface area (Å²) in [5.74, 6) is 0.193. The maximum atomic E-state index is 12.7. The molecule has 0 bridgehead atoms. The lowest BCUT2D eigenvalue weighted by Gasteiger charge is -2.12. The molecule has 0 atom stereocenters. The maximum absolute atomic E-state index is 12.7. The number of sulfonamides is 1. The van der Waals surface area contributed by atoms with Gasteiger partial charge in [-0.3, -0.25) is 14.1 Å². The molecular formula is C16H15ClN2O4S2. The Balaban J connectivity index is 2.05. The fourth-order valence-corrected chi connectivity index (χ4v) is 4.91. The largest absolute Gasteiger partial charge is 0.495 e. The molecule has 132 valence electrons. The van der Waals surface area contributed by atoms with E-state index in [0.717, 1.165) is 16.0 Å². The quantitative estimate of drug-likeness (QED) is 0.713. The molecule has 25 heavy (non-hydrogen) atoms. The van der Waals surface area contributed by atoms with Crippen LogP contribution in [-0.2, 0) is 16.6 Å². The van der Waals surface area contributed by atoms with E-state index in [1.807, 2.05) is 6.92 Å². The molecule has 3 rings (SSSR count). The van der Waals surface area contributed by atoms with Crippen molar-refractivity contribution in [1.82, 2.24) is 4.57 Å². The Morgan fingerprint density at radius 2 is 2.00 bits per heavy atom. The van der Waals surface area contributed by atoms with Crippen LogP contribution < -0.4 is 14.3 Å². The third-order valence-electron chi connectivity index (χ3n) is 3.65. The highest BCUT2D eigenvalue weighted by Crippen LogP contribution is 2.29. The van der Waals surface area contributed by atoms with Crippen LogP contribution in [0.5, 0.6) is 5.75 Å². The summed E-state index contributed by atoms with van der Waals surface area (Å²) < 4.78 is 35.4. The average molecular weight is 399 g/mol. The van der Waals surface area contributed by atoms with Crippen molar-refractivity contribution in [1.29, 1.82) is 0 Å². The number of thiazole rings is 1. The summed E-state index contributed by atoms with van der Waals surface area (Å²) >= 11 is 7.05.